The normalized spacial score (nSPS) is 34.3. The molecule has 7 nitrogen and oxygen atoms in total. The largest absolute Gasteiger partial charge is 0.455 e. The predicted molar refractivity (Wildman–Crippen MR) is 93.0 cm³/mol. The summed E-state index contributed by atoms with van der Waals surface area (Å²) in [4.78, 5) is 36.8. The average Bonchev–Trinajstić information content (AvgIpc) is 3.09. The summed E-state index contributed by atoms with van der Waals surface area (Å²) in [5.41, 5.74) is 3.14. The van der Waals surface area contributed by atoms with Crippen LogP contribution in [0.4, 0.5) is 0 Å². The topological polar surface area (TPSA) is 105 Å². The lowest BCUT2D eigenvalue weighted by Gasteiger charge is -2.58. The molecule has 26 heavy (non-hydrogen) atoms. The molecule has 0 aromatic carbocycles. The number of hydrogen-bond donors (Lipinski definition) is 3. The third-order valence-corrected chi connectivity index (χ3v) is 6.73. The monoisotopic (exact) mass is 378 g/mol. The molecule has 3 N–H and O–H groups in total. The van der Waals surface area contributed by atoms with Crippen LogP contribution in [0.15, 0.2) is 17.5 Å². The van der Waals surface area contributed by atoms with Crippen LogP contribution >= 0.6 is 11.3 Å². The maximum atomic E-state index is 12.7. The molecule has 2 amide bonds. The molecular formula is C18H22N2O5S. The van der Waals surface area contributed by atoms with E-state index in [-0.39, 0.29) is 0 Å². The van der Waals surface area contributed by atoms with Gasteiger partial charge in [0.1, 0.15) is 0 Å². The van der Waals surface area contributed by atoms with Crippen LogP contribution in [0, 0.1) is 17.3 Å². The van der Waals surface area contributed by atoms with Crippen LogP contribution in [0.3, 0.4) is 0 Å². The number of esters is 1. The van der Waals surface area contributed by atoms with Crippen LogP contribution < -0.4 is 10.9 Å². The van der Waals surface area contributed by atoms with Gasteiger partial charge in [-0.1, -0.05) is 6.07 Å². The predicted octanol–water partition coefficient (Wildman–Crippen LogP) is 1.38. The SMILES string of the molecule is O=C(COC(=O)C12CC3CC(CC(O)(C3)C1)C2)NNC(=O)c1cccs1. The van der Waals surface area contributed by atoms with Crippen LogP contribution in [0.25, 0.3) is 0 Å². The highest BCUT2D eigenvalue weighted by Crippen LogP contribution is 2.61. The molecule has 140 valence electrons. The number of aliphatic hydroxyl groups is 1. The fraction of sp³-hybridized carbons (Fsp3) is 0.611. The van der Waals surface area contributed by atoms with Crippen LogP contribution in [0.5, 0.6) is 0 Å². The van der Waals surface area contributed by atoms with E-state index in [9.17, 15) is 19.5 Å². The first-order valence-electron chi connectivity index (χ1n) is 8.90. The quantitative estimate of drug-likeness (QED) is 0.542. The van der Waals surface area contributed by atoms with Gasteiger partial charge in [-0.15, -0.1) is 11.3 Å². The first-order valence-corrected chi connectivity index (χ1v) is 9.78. The Morgan fingerprint density at radius 2 is 1.92 bits per heavy atom. The van der Waals surface area contributed by atoms with Crippen molar-refractivity contribution in [3.63, 3.8) is 0 Å². The van der Waals surface area contributed by atoms with Gasteiger partial charge in [0, 0.05) is 0 Å². The number of ether oxygens (including phenoxy) is 1. The van der Waals surface area contributed by atoms with E-state index in [1.165, 1.54) is 11.3 Å². The Morgan fingerprint density at radius 3 is 2.54 bits per heavy atom. The highest BCUT2D eigenvalue weighted by Gasteiger charge is 2.60. The maximum Gasteiger partial charge on any atom is 0.312 e. The third kappa shape index (κ3) is 3.23. The first kappa shape index (κ1) is 17.5. The van der Waals surface area contributed by atoms with E-state index in [1.807, 2.05) is 0 Å². The van der Waals surface area contributed by atoms with Crippen LogP contribution in [0.1, 0.15) is 48.2 Å². The smallest absolute Gasteiger partial charge is 0.312 e. The van der Waals surface area contributed by atoms with Crippen molar-refractivity contribution < 1.29 is 24.2 Å². The molecule has 1 heterocycles. The molecule has 0 saturated heterocycles. The molecule has 4 bridgehead atoms. The number of nitrogens with one attached hydrogen (secondary N) is 2. The average molecular weight is 378 g/mol. The molecule has 5 rings (SSSR count). The minimum absolute atomic E-state index is 0.368. The molecule has 2 unspecified atom stereocenters. The number of rotatable bonds is 4. The zero-order valence-electron chi connectivity index (χ0n) is 14.3. The number of carbonyl (C=O) groups is 3. The molecule has 4 aliphatic rings. The minimum Gasteiger partial charge on any atom is -0.455 e. The Morgan fingerprint density at radius 1 is 1.19 bits per heavy atom. The van der Waals surface area contributed by atoms with Crippen molar-refractivity contribution in [1.82, 2.24) is 10.9 Å². The molecule has 4 saturated carbocycles. The second kappa shape index (κ2) is 6.35. The van der Waals surface area contributed by atoms with Crippen LogP contribution in [-0.4, -0.2) is 35.1 Å². The van der Waals surface area contributed by atoms with Crippen molar-refractivity contribution in [2.45, 2.75) is 44.1 Å². The van der Waals surface area contributed by atoms with Gasteiger partial charge >= 0.3 is 5.97 Å². The van der Waals surface area contributed by atoms with E-state index >= 15 is 0 Å². The molecule has 4 aliphatic carbocycles. The Hall–Kier alpha value is -1.93. The summed E-state index contributed by atoms with van der Waals surface area (Å²) in [5, 5.41) is 12.5. The van der Waals surface area contributed by atoms with Gasteiger partial charge in [0.2, 0.25) is 0 Å². The molecule has 0 spiro atoms. The van der Waals surface area contributed by atoms with Gasteiger partial charge in [-0.3, -0.25) is 25.2 Å². The van der Waals surface area contributed by atoms with Crippen LogP contribution in [0.2, 0.25) is 0 Å². The number of hydrazine groups is 1. The number of carbonyl (C=O) groups excluding carboxylic acids is 3. The summed E-state index contributed by atoms with van der Waals surface area (Å²) in [6.45, 7) is -0.445. The summed E-state index contributed by atoms with van der Waals surface area (Å²) in [7, 11) is 0. The molecule has 1 aromatic heterocycles. The molecule has 4 fully saturated rings. The van der Waals surface area contributed by atoms with Gasteiger partial charge in [-0.2, -0.15) is 0 Å². The lowest BCUT2D eigenvalue weighted by atomic mass is 9.48. The number of amides is 2. The third-order valence-electron chi connectivity index (χ3n) is 5.86. The van der Waals surface area contributed by atoms with Crippen LogP contribution in [-0.2, 0) is 14.3 Å². The summed E-state index contributed by atoms with van der Waals surface area (Å²) in [6, 6.07) is 3.38. The van der Waals surface area contributed by atoms with E-state index < -0.39 is 35.4 Å². The lowest BCUT2D eigenvalue weighted by Crippen LogP contribution is -2.58. The summed E-state index contributed by atoms with van der Waals surface area (Å²) in [6.07, 6.45) is 4.53. The second-order valence-corrected chi connectivity index (χ2v) is 8.97. The number of thiophene rings is 1. The first-order chi connectivity index (χ1) is 12.4. The number of hydrogen-bond acceptors (Lipinski definition) is 6. The molecule has 0 radical (unpaired) electrons. The van der Waals surface area contributed by atoms with Crippen molar-refractivity contribution in [2.24, 2.45) is 17.3 Å². The molecule has 2 atom stereocenters. The highest BCUT2D eigenvalue weighted by molar-refractivity contribution is 7.12. The fourth-order valence-corrected chi connectivity index (χ4v) is 5.99. The van der Waals surface area contributed by atoms with Crippen molar-refractivity contribution in [3.05, 3.63) is 22.4 Å². The van der Waals surface area contributed by atoms with Crippen molar-refractivity contribution in [1.29, 1.82) is 0 Å². The van der Waals surface area contributed by atoms with Crippen molar-refractivity contribution >= 4 is 29.1 Å². The van der Waals surface area contributed by atoms with Gasteiger partial charge in [0.15, 0.2) is 6.61 Å². The van der Waals surface area contributed by atoms with Gasteiger partial charge in [-0.05, 0) is 61.8 Å². The van der Waals surface area contributed by atoms with E-state index in [4.69, 9.17) is 4.74 Å². The molecule has 1 aromatic rings. The van der Waals surface area contributed by atoms with Crippen molar-refractivity contribution in [3.8, 4) is 0 Å². The minimum atomic E-state index is -0.750. The highest BCUT2D eigenvalue weighted by atomic mass is 32.1. The van der Waals surface area contributed by atoms with Gasteiger partial charge in [0.25, 0.3) is 11.8 Å². The zero-order chi connectivity index (χ0) is 18.4. The summed E-state index contributed by atoms with van der Waals surface area (Å²) < 4.78 is 5.25. The fourth-order valence-electron chi connectivity index (χ4n) is 5.37. The molecule has 0 aliphatic heterocycles. The van der Waals surface area contributed by atoms with Gasteiger partial charge in [-0.25, -0.2) is 0 Å². The Balaban J connectivity index is 1.29. The Kier molecular flexibility index (Phi) is 4.27. The lowest BCUT2D eigenvalue weighted by molar-refractivity contribution is -0.196. The Bertz CT molecular complexity index is 718. The summed E-state index contributed by atoms with van der Waals surface area (Å²) >= 11 is 1.26. The van der Waals surface area contributed by atoms with Gasteiger partial charge in [0.05, 0.1) is 15.9 Å². The van der Waals surface area contributed by atoms with E-state index in [0.717, 1.165) is 32.1 Å². The Labute approximate surface area is 155 Å². The zero-order valence-corrected chi connectivity index (χ0v) is 15.1. The van der Waals surface area contributed by atoms with E-state index in [1.54, 1.807) is 17.5 Å². The maximum absolute atomic E-state index is 12.7. The van der Waals surface area contributed by atoms with Gasteiger partial charge < -0.3 is 9.84 Å². The van der Waals surface area contributed by atoms with E-state index in [2.05, 4.69) is 10.9 Å². The summed E-state index contributed by atoms with van der Waals surface area (Å²) in [5.74, 6) is -0.667. The second-order valence-electron chi connectivity index (χ2n) is 8.02. The van der Waals surface area contributed by atoms with E-state index in [0.29, 0.717) is 23.1 Å². The standard InChI is InChI=1S/C18H22N2O5S/c21-14(19-20-15(22)13-2-1-3-26-13)9-25-16(23)17-5-11-4-12(6-17)8-18(24,7-11)10-17/h1-3,11-12,24H,4-10H2,(H,19,21)(H,20,22). The van der Waals surface area contributed by atoms with Crippen molar-refractivity contribution in [2.75, 3.05) is 6.61 Å². The molecular weight excluding hydrogens is 356 g/mol. The molecule has 8 heteroatoms.